The van der Waals surface area contributed by atoms with Gasteiger partial charge in [-0.05, 0) is 38.1 Å². The van der Waals surface area contributed by atoms with Crippen LogP contribution in [-0.4, -0.2) is 28.1 Å². The molecule has 1 aliphatic carbocycles. The van der Waals surface area contributed by atoms with Gasteiger partial charge in [-0.2, -0.15) is 4.98 Å². The van der Waals surface area contributed by atoms with Crippen LogP contribution in [0.25, 0.3) is 0 Å². The summed E-state index contributed by atoms with van der Waals surface area (Å²) in [6, 6.07) is 0.412. The summed E-state index contributed by atoms with van der Waals surface area (Å²) in [6.45, 7) is 4.50. The van der Waals surface area contributed by atoms with E-state index in [0.717, 1.165) is 24.1 Å². The molecule has 0 N–H and O–H groups in total. The van der Waals surface area contributed by atoms with E-state index in [1.165, 1.54) is 51.6 Å². The van der Waals surface area contributed by atoms with Gasteiger partial charge in [0.25, 0.3) is 0 Å². The SMILES string of the molecule is CCc1nc([C@@H]2CCCN2CC2CCCC2)no1. The zero-order valence-electron chi connectivity index (χ0n) is 11.3. The van der Waals surface area contributed by atoms with E-state index in [2.05, 4.69) is 22.0 Å². The second-order valence-corrected chi connectivity index (χ2v) is 5.70. The number of likely N-dealkylation sites (tertiary alicyclic amines) is 1. The summed E-state index contributed by atoms with van der Waals surface area (Å²) in [7, 11) is 0. The average molecular weight is 249 g/mol. The third-order valence-electron chi connectivity index (χ3n) is 4.42. The monoisotopic (exact) mass is 249 g/mol. The Bertz CT molecular complexity index is 384. The minimum atomic E-state index is 0.412. The van der Waals surface area contributed by atoms with Crippen molar-refractivity contribution < 1.29 is 4.52 Å². The van der Waals surface area contributed by atoms with Crippen LogP contribution in [0.3, 0.4) is 0 Å². The summed E-state index contributed by atoms with van der Waals surface area (Å²) in [6.07, 6.45) is 8.97. The maximum absolute atomic E-state index is 5.26. The van der Waals surface area contributed by atoms with Crippen molar-refractivity contribution in [1.29, 1.82) is 0 Å². The summed E-state index contributed by atoms with van der Waals surface area (Å²) < 4.78 is 5.26. The van der Waals surface area contributed by atoms with Crippen LogP contribution in [0.15, 0.2) is 4.52 Å². The molecule has 1 aliphatic heterocycles. The molecule has 0 amide bonds. The quantitative estimate of drug-likeness (QED) is 0.822. The van der Waals surface area contributed by atoms with Crippen molar-refractivity contribution in [2.45, 2.75) is 57.9 Å². The van der Waals surface area contributed by atoms with E-state index in [9.17, 15) is 0 Å². The smallest absolute Gasteiger partial charge is 0.226 e. The molecular formula is C14H23N3O. The highest BCUT2D eigenvalue weighted by molar-refractivity contribution is 4.98. The molecule has 0 aromatic carbocycles. The molecule has 4 heteroatoms. The Kier molecular flexibility index (Phi) is 3.64. The van der Waals surface area contributed by atoms with E-state index in [4.69, 9.17) is 4.52 Å². The Morgan fingerprint density at radius 2 is 2.06 bits per heavy atom. The minimum Gasteiger partial charge on any atom is -0.339 e. The molecule has 0 unspecified atom stereocenters. The summed E-state index contributed by atoms with van der Waals surface area (Å²) in [5.41, 5.74) is 0. The van der Waals surface area contributed by atoms with E-state index in [1.807, 2.05) is 0 Å². The standard InChI is InChI=1S/C14H23N3O/c1-2-13-15-14(16-18-13)12-8-5-9-17(12)10-11-6-3-4-7-11/h11-12H,2-10H2,1H3/t12-/m0/s1. The number of rotatable bonds is 4. The maximum atomic E-state index is 5.26. The molecule has 1 atom stereocenters. The van der Waals surface area contributed by atoms with Crippen LogP contribution >= 0.6 is 0 Å². The summed E-state index contributed by atoms with van der Waals surface area (Å²) >= 11 is 0. The normalized spacial score (nSPS) is 26.2. The molecule has 2 heterocycles. The van der Waals surface area contributed by atoms with Crippen molar-refractivity contribution in [2.24, 2.45) is 5.92 Å². The van der Waals surface area contributed by atoms with Crippen molar-refractivity contribution in [3.63, 3.8) is 0 Å². The first-order valence-electron chi connectivity index (χ1n) is 7.43. The largest absolute Gasteiger partial charge is 0.339 e. The Labute approximate surface area is 109 Å². The van der Waals surface area contributed by atoms with Gasteiger partial charge in [0.1, 0.15) is 0 Å². The summed E-state index contributed by atoms with van der Waals surface area (Å²) in [4.78, 5) is 7.10. The van der Waals surface area contributed by atoms with Gasteiger partial charge in [-0.25, -0.2) is 0 Å². The minimum absolute atomic E-state index is 0.412. The third kappa shape index (κ3) is 2.44. The van der Waals surface area contributed by atoms with Crippen LogP contribution in [0.4, 0.5) is 0 Å². The average Bonchev–Trinajstić information content (AvgIpc) is 3.09. The van der Waals surface area contributed by atoms with Crippen molar-refractivity contribution in [1.82, 2.24) is 15.0 Å². The van der Waals surface area contributed by atoms with E-state index in [-0.39, 0.29) is 0 Å². The van der Waals surface area contributed by atoms with Crippen molar-refractivity contribution >= 4 is 0 Å². The van der Waals surface area contributed by atoms with E-state index >= 15 is 0 Å². The highest BCUT2D eigenvalue weighted by Crippen LogP contribution is 2.34. The van der Waals surface area contributed by atoms with Gasteiger partial charge in [0.05, 0.1) is 6.04 Å². The van der Waals surface area contributed by atoms with Gasteiger partial charge in [0, 0.05) is 13.0 Å². The van der Waals surface area contributed by atoms with Crippen molar-refractivity contribution in [2.75, 3.05) is 13.1 Å². The highest BCUT2D eigenvalue weighted by atomic mass is 16.5. The molecule has 2 fully saturated rings. The van der Waals surface area contributed by atoms with Crippen LogP contribution < -0.4 is 0 Å². The van der Waals surface area contributed by atoms with Gasteiger partial charge >= 0.3 is 0 Å². The van der Waals surface area contributed by atoms with Crippen LogP contribution in [0.5, 0.6) is 0 Å². The first-order valence-corrected chi connectivity index (χ1v) is 7.43. The number of hydrogen-bond donors (Lipinski definition) is 0. The molecule has 1 aromatic heterocycles. The fourth-order valence-electron chi connectivity index (χ4n) is 3.41. The summed E-state index contributed by atoms with van der Waals surface area (Å²) in [5, 5.41) is 4.17. The van der Waals surface area contributed by atoms with E-state index in [0.29, 0.717) is 6.04 Å². The molecule has 2 aliphatic rings. The predicted molar refractivity (Wildman–Crippen MR) is 69.2 cm³/mol. The van der Waals surface area contributed by atoms with Crippen molar-refractivity contribution in [3.05, 3.63) is 11.7 Å². The molecule has 1 saturated heterocycles. The molecule has 3 rings (SSSR count). The first kappa shape index (κ1) is 12.2. The van der Waals surface area contributed by atoms with Gasteiger partial charge in [0.15, 0.2) is 5.82 Å². The van der Waals surface area contributed by atoms with Gasteiger partial charge in [-0.15, -0.1) is 0 Å². The van der Waals surface area contributed by atoms with Crippen molar-refractivity contribution in [3.8, 4) is 0 Å². The molecule has 100 valence electrons. The van der Waals surface area contributed by atoms with Gasteiger partial charge < -0.3 is 4.52 Å². The number of aryl methyl sites for hydroxylation is 1. The lowest BCUT2D eigenvalue weighted by atomic mass is 10.1. The van der Waals surface area contributed by atoms with E-state index in [1.54, 1.807) is 0 Å². The molecular weight excluding hydrogens is 226 g/mol. The van der Waals surface area contributed by atoms with Crippen LogP contribution in [0.2, 0.25) is 0 Å². The maximum Gasteiger partial charge on any atom is 0.226 e. The Balaban J connectivity index is 1.66. The highest BCUT2D eigenvalue weighted by Gasteiger charge is 2.31. The molecule has 0 bridgehead atoms. The molecule has 0 radical (unpaired) electrons. The summed E-state index contributed by atoms with van der Waals surface area (Å²) in [5.74, 6) is 2.60. The number of hydrogen-bond acceptors (Lipinski definition) is 4. The topological polar surface area (TPSA) is 42.2 Å². The molecule has 1 saturated carbocycles. The van der Waals surface area contributed by atoms with Crippen LogP contribution in [0, 0.1) is 5.92 Å². The Morgan fingerprint density at radius 3 is 2.78 bits per heavy atom. The Morgan fingerprint density at radius 1 is 1.22 bits per heavy atom. The molecule has 18 heavy (non-hydrogen) atoms. The van der Waals surface area contributed by atoms with Gasteiger partial charge in [-0.1, -0.05) is 24.9 Å². The van der Waals surface area contributed by atoms with E-state index < -0.39 is 0 Å². The lowest BCUT2D eigenvalue weighted by Crippen LogP contribution is -2.29. The second-order valence-electron chi connectivity index (χ2n) is 5.70. The second kappa shape index (κ2) is 5.39. The fourth-order valence-corrected chi connectivity index (χ4v) is 3.41. The van der Waals surface area contributed by atoms with Gasteiger partial charge in [0.2, 0.25) is 5.89 Å². The molecule has 4 nitrogen and oxygen atoms in total. The van der Waals surface area contributed by atoms with Crippen LogP contribution in [0.1, 0.15) is 63.2 Å². The molecule has 1 aromatic rings. The number of nitrogens with zero attached hydrogens (tertiary/aromatic N) is 3. The zero-order valence-corrected chi connectivity index (χ0v) is 11.3. The molecule has 0 spiro atoms. The third-order valence-corrected chi connectivity index (χ3v) is 4.42. The van der Waals surface area contributed by atoms with Crippen LogP contribution in [-0.2, 0) is 6.42 Å². The number of aromatic nitrogens is 2. The lowest BCUT2D eigenvalue weighted by Gasteiger charge is -2.24. The Hall–Kier alpha value is -0.900. The lowest BCUT2D eigenvalue weighted by molar-refractivity contribution is 0.206. The fraction of sp³-hybridized carbons (Fsp3) is 0.857. The predicted octanol–water partition coefficient (Wildman–Crippen LogP) is 2.96. The first-order chi connectivity index (χ1) is 8.86. The van der Waals surface area contributed by atoms with Gasteiger partial charge in [-0.3, -0.25) is 4.90 Å². The zero-order chi connectivity index (χ0) is 12.4.